The number of hydrogen-bond donors (Lipinski definition) is 2. The van der Waals surface area contributed by atoms with Gasteiger partial charge in [-0.1, -0.05) is 0 Å². The first kappa shape index (κ1) is 20.2. The van der Waals surface area contributed by atoms with Crippen molar-refractivity contribution in [2.45, 2.75) is 50.7 Å². The minimum Gasteiger partial charge on any atom is -0.354 e. The molecule has 2 aromatic heterocycles. The molecular formula is C23H30N6O2. The Morgan fingerprint density at radius 1 is 1.19 bits per heavy atom. The summed E-state index contributed by atoms with van der Waals surface area (Å²) in [6.45, 7) is 3.10. The van der Waals surface area contributed by atoms with Crippen LogP contribution in [0.2, 0.25) is 0 Å². The van der Waals surface area contributed by atoms with E-state index in [1.807, 2.05) is 23.2 Å². The van der Waals surface area contributed by atoms with Crippen LogP contribution < -0.4 is 5.32 Å². The number of carbonyl (C=O) groups excluding carboxylic acids is 2. The van der Waals surface area contributed by atoms with E-state index in [0.29, 0.717) is 18.9 Å². The summed E-state index contributed by atoms with van der Waals surface area (Å²) in [7, 11) is 0. The highest BCUT2D eigenvalue weighted by Crippen LogP contribution is 2.41. The molecule has 3 saturated heterocycles. The Morgan fingerprint density at radius 3 is 2.84 bits per heavy atom. The zero-order valence-corrected chi connectivity index (χ0v) is 17.7. The van der Waals surface area contributed by atoms with E-state index in [2.05, 4.69) is 25.2 Å². The number of nitrogens with zero attached hydrogens (tertiary/aromatic N) is 4. The summed E-state index contributed by atoms with van der Waals surface area (Å²) in [5, 5.41) is 3.13. The van der Waals surface area contributed by atoms with Gasteiger partial charge in [0.15, 0.2) is 0 Å². The third kappa shape index (κ3) is 4.21. The first-order valence-corrected chi connectivity index (χ1v) is 11.4. The molecule has 2 aromatic rings. The summed E-state index contributed by atoms with van der Waals surface area (Å²) in [5.41, 5.74) is 1.15. The lowest BCUT2D eigenvalue weighted by atomic mass is 9.71. The number of likely N-dealkylation sites (tertiary alicyclic amines) is 1. The first-order chi connectivity index (χ1) is 15.2. The third-order valence-corrected chi connectivity index (χ3v) is 7.08. The summed E-state index contributed by atoms with van der Waals surface area (Å²) in [4.78, 5) is 42.3. The average Bonchev–Trinajstić information content (AvgIpc) is 3.28. The van der Waals surface area contributed by atoms with Crippen LogP contribution in [0.25, 0.3) is 0 Å². The second-order valence-corrected chi connectivity index (χ2v) is 9.09. The van der Waals surface area contributed by atoms with E-state index in [1.54, 1.807) is 18.6 Å². The van der Waals surface area contributed by atoms with Crippen LogP contribution >= 0.6 is 0 Å². The van der Waals surface area contributed by atoms with Crippen molar-refractivity contribution in [2.75, 3.05) is 19.6 Å². The van der Waals surface area contributed by atoms with Crippen molar-refractivity contribution in [3.63, 3.8) is 0 Å². The average molecular weight is 423 g/mol. The van der Waals surface area contributed by atoms with Gasteiger partial charge in [-0.25, -0.2) is 4.98 Å². The highest BCUT2D eigenvalue weighted by atomic mass is 16.2. The van der Waals surface area contributed by atoms with Gasteiger partial charge in [0.1, 0.15) is 11.9 Å². The van der Waals surface area contributed by atoms with Gasteiger partial charge in [0.2, 0.25) is 11.8 Å². The summed E-state index contributed by atoms with van der Waals surface area (Å²) in [5.74, 6) is 1.69. The minimum absolute atomic E-state index is 0.00222. The highest BCUT2D eigenvalue weighted by Gasteiger charge is 2.51. The Balaban J connectivity index is 1.31. The molecule has 2 N–H and O–H groups in total. The predicted octanol–water partition coefficient (Wildman–Crippen LogP) is 1.36. The topological polar surface area (TPSA) is 94.2 Å². The smallest absolute Gasteiger partial charge is 0.243 e. The highest BCUT2D eigenvalue weighted by molar-refractivity contribution is 5.89. The fourth-order valence-corrected chi connectivity index (χ4v) is 5.80. The van der Waals surface area contributed by atoms with E-state index in [4.69, 9.17) is 0 Å². The van der Waals surface area contributed by atoms with Crippen molar-refractivity contribution in [3.8, 4) is 0 Å². The number of imidazole rings is 1. The Morgan fingerprint density at radius 2 is 2.03 bits per heavy atom. The molecule has 0 radical (unpaired) electrons. The molecule has 31 heavy (non-hydrogen) atoms. The molecule has 8 heteroatoms. The number of pyridine rings is 1. The minimum atomic E-state index is -0.370. The maximum atomic E-state index is 13.4. The van der Waals surface area contributed by atoms with Gasteiger partial charge in [0.25, 0.3) is 0 Å². The van der Waals surface area contributed by atoms with Crippen molar-refractivity contribution < 1.29 is 9.59 Å². The Kier molecular flexibility index (Phi) is 5.72. The number of piperidine rings is 3. The van der Waals surface area contributed by atoms with E-state index in [0.717, 1.165) is 56.7 Å². The molecule has 2 bridgehead atoms. The van der Waals surface area contributed by atoms with Crippen molar-refractivity contribution in [1.29, 1.82) is 0 Å². The zero-order chi connectivity index (χ0) is 21.2. The number of carbonyl (C=O) groups is 2. The van der Waals surface area contributed by atoms with Gasteiger partial charge in [0.05, 0.1) is 6.54 Å². The molecule has 164 valence electrons. The molecule has 0 spiro atoms. The van der Waals surface area contributed by atoms with Gasteiger partial charge in [-0.15, -0.1) is 0 Å². The lowest BCUT2D eigenvalue weighted by Gasteiger charge is -2.55. The van der Waals surface area contributed by atoms with Crippen molar-refractivity contribution in [1.82, 2.24) is 30.1 Å². The zero-order valence-electron chi connectivity index (χ0n) is 17.7. The summed E-state index contributed by atoms with van der Waals surface area (Å²) in [6.07, 6.45) is 11.4. The standard InChI is InChI=1S/C23H30N6O2/c30-21-3-1-2-19-17-12-18(14-28(13-17)15-20-25-10-11-26-20)22(29(19)21)23(31)27-9-6-16-4-7-24-8-5-16/h4-5,7-8,10-11,17-19,22H,1-3,6,9,12-15H2,(H,25,26)(H,27,31)/t17-,18+,19+,22-/m1/s1. The van der Waals surface area contributed by atoms with E-state index in [-0.39, 0.29) is 29.8 Å². The number of nitrogens with one attached hydrogen (secondary N) is 2. The number of H-pyrrole nitrogens is 1. The lowest BCUT2D eigenvalue weighted by molar-refractivity contribution is -0.160. The number of amides is 2. The fraction of sp³-hybridized carbons (Fsp3) is 0.565. The number of aromatic nitrogens is 3. The van der Waals surface area contributed by atoms with Gasteiger partial charge >= 0.3 is 0 Å². The van der Waals surface area contributed by atoms with Crippen LogP contribution in [0.1, 0.15) is 37.1 Å². The maximum absolute atomic E-state index is 13.4. The van der Waals surface area contributed by atoms with Gasteiger partial charge in [-0.3, -0.25) is 19.5 Å². The van der Waals surface area contributed by atoms with Crippen LogP contribution in [0.5, 0.6) is 0 Å². The molecular weight excluding hydrogens is 392 g/mol. The molecule has 8 nitrogen and oxygen atoms in total. The van der Waals surface area contributed by atoms with Crippen LogP contribution in [0.4, 0.5) is 0 Å². The van der Waals surface area contributed by atoms with Crippen LogP contribution in [0.15, 0.2) is 36.9 Å². The molecule has 3 aliphatic rings. The van der Waals surface area contributed by atoms with E-state index in [1.165, 1.54) is 0 Å². The third-order valence-electron chi connectivity index (χ3n) is 7.08. The first-order valence-electron chi connectivity index (χ1n) is 11.4. The summed E-state index contributed by atoms with van der Waals surface area (Å²) >= 11 is 0. The Bertz CT molecular complexity index is 902. The largest absolute Gasteiger partial charge is 0.354 e. The lowest BCUT2D eigenvalue weighted by Crippen LogP contribution is -2.68. The second kappa shape index (κ2) is 8.78. The van der Waals surface area contributed by atoms with Crippen molar-refractivity contribution in [3.05, 3.63) is 48.3 Å². The SMILES string of the molecule is O=C(NCCc1ccncc1)[C@H]1[C@H]2C[C@H](CN(Cc3ncc[nH]3)C2)[C@@H]2CCCC(=O)N21. The molecule has 0 aliphatic carbocycles. The van der Waals surface area contributed by atoms with Crippen LogP contribution in [-0.2, 0) is 22.6 Å². The quantitative estimate of drug-likeness (QED) is 0.733. The Labute approximate surface area is 182 Å². The Hall–Kier alpha value is -2.74. The molecule has 0 unspecified atom stereocenters. The van der Waals surface area contributed by atoms with E-state index >= 15 is 0 Å². The summed E-state index contributed by atoms with van der Waals surface area (Å²) in [6, 6.07) is 3.74. The van der Waals surface area contributed by atoms with E-state index in [9.17, 15) is 9.59 Å². The number of hydrogen-bond acceptors (Lipinski definition) is 5. The van der Waals surface area contributed by atoms with Crippen LogP contribution in [0, 0.1) is 11.8 Å². The maximum Gasteiger partial charge on any atom is 0.243 e. The van der Waals surface area contributed by atoms with Crippen LogP contribution in [0.3, 0.4) is 0 Å². The summed E-state index contributed by atoms with van der Waals surface area (Å²) < 4.78 is 0. The molecule has 3 aliphatic heterocycles. The molecule has 3 fully saturated rings. The number of fused-ring (bicyclic) bond motifs is 4. The number of rotatable bonds is 6. The van der Waals surface area contributed by atoms with Gasteiger partial charge in [-0.2, -0.15) is 0 Å². The van der Waals surface area contributed by atoms with E-state index < -0.39 is 0 Å². The van der Waals surface area contributed by atoms with Crippen molar-refractivity contribution >= 4 is 11.8 Å². The molecule has 4 atom stereocenters. The molecule has 5 rings (SSSR count). The number of aromatic amines is 1. The van der Waals surface area contributed by atoms with Gasteiger partial charge < -0.3 is 15.2 Å². The molecule has 2 amide bonds. The molecule has 5 heterocycles. The van der Waals surface area contributed by atoms with Crippen molar-refractivity contribution in [2.24, 2.45) is 11.8 Å². The predicted molar refractivity (Wildman–Crippen MR) is 115 cm³/mol. The van der Waals surface area contributed by atoms with Gasteiger partial charge in [0, 0.05) is 62.8 Å². The van der Waals surface area contributed by atoms with Crippen LogP contribution in [-0.4, -0.2) is 68.3 Å². The monoisotopic (exact) mass is 422 g/mol. The molecule has 0 saturated carbocycles. The molecule has 0 aromatic carbocycles. The second-order valence-electron chi connectivity index (χ2n) is 9.09. The normalized spacial score (nSPS) is 28.3. The van der Waals surface area contributed by atoms with Gasteiger partial charge in [-0.05, 0) is 49.3 Å². The fourth-order valence-electron chi connectivity index (χ4n) is 5.80.